The molecule has 4 rings (SSSR count). The third-order valence-electron chi connectivity index (χ3n) is 6.71. The van der Waals surface area contributed by atoms with Crippen molar-refractivity contribution in [1.29, 1.82) is 0 Å². The van der Waals surface area contributed by atoms with Crippen molar-refractivity contribution in [3.63, 3.8) is 0 Å². The summed E-state index contributed by atoms with van der Waals surface area (Å²) in [6, 6.07) is 9.21. The van der Waals surface area contributed by atoms with Crippen LogP contribution in [0.2, 0.25) is 0 Å². The van der Waals surface area contributed by atoms with E-state index < -0.39 is 11.6 Å². The first-order chi connectivity index (χ1) is 14.7. The second-order valence-corrected chi connectivity index (χ2v) is 9.04. The fraction of sp³-hybridized carbons (Fsp3) is 0.560. The number of hydrogen-bond donors (Lipinski definition) is 0. The maximum Gasteiger partial charge on any atom is 0.163 e. The quantitative estimate of drug-likeness (QED) is 0.605. The fourth-order valence-electron chi connectivity index (χ4n) is 5.24. The lowest BCUT2D eigenvalue weighted by Gasteiger charge is -2.41. The van der Waals surface area contributed by atoms with Crippen LogP contribution in [-0.4, -0.2) is 40.5 Å². The summed E-state index contributed by atoms with van der Waals surface area (Å²) in [4.78, 5) is 9.20. The van der Waals surface area contributed by atoms with Crippen molar-refractivity contribution < 1.29 is 8.78 Å². The maximum absolute atomic E-state index is 14.4. The fourth-order valence-corrected chi connectivity index (χ4v) is 5.24. The van der Waals surface area contributed by atoms with E-state index in [0.717, 1.165) is 24.7 Å². The average Bonchev–Trinajstić information content (AvgIpc) is 2.78. The molecular formula is C25H33F2N3. The van der Waals surface area contributed by atoms with Crippen molar-refractivity contribution in [2.75, 3.05) is 19.6 Å². The summed E-state index contributed by atoms with van der Waals surface area (Å²) in [6.07, 6.45) is 12.8. The summed E-state index contributed by atoms with van der Waals surface area (Å²) in [5.41, 5.74) is 1.54. The van der Waals surface area contributed by atoms with Gasteiger partial charge in [0.1, 0.15) is 0 Å². The molecule has 162 valence electrons. The van der Waals surface area contributed by atoms with Crippen LogP contribution < -0.4 is 0 Å². The third-order valence-corrected chi connectivity index (χ3v) is 6.71. The lowest BCUT2D eigenvalue weighted by Crippen LogP contribution is -2.46. The molecule has 1 saturated carbocycles. The number of pyridine rings is 1. The van der Waals surface area contributed by atoms with Gasteiger partial charge in [-0.15, -0.1) is 0 Å². The number of likely N-dealkylation sites (tertiary alicyclic amines) is 1. The van der Waals surface area contributed by atoms with E-state index in [2.05, 4.69) is 20.9 Å². The molecule has 0 bridgehead atoms. The van der Waals surface area contributed by atoms with Gasteiger partial charge in [-0.1, -0.05) is 37.5 Å². The van der Waals surface area contributed by atoms with E-state index in [1.807, 2.05) is 12.3 Å². The maximum atomic E-state index is 14.4. The zero-order chi connectivity index (χ0) is 20.8. The van der Waals surface area contributed by atoms with E-state index in [4.69, 9.17) is 0 Å². The Kier molecular flexibility index (Phi) is 7.45. The number of rotatable bonds is 7. The SMILES string of the molecule is Fc1cccc(CN(Cc2cccnc2)C[C@H]2CCCN(C3CCCCC3)C2)c1F. The number of benzene rings is 1. The van der Waals surface area contributed by atoms with E-state index >= 15 is 0 Å². The molecule has 0 N–H and O–H groups in total. The van der Waals surface area contributed by atoms with Gasteiger partial charge in [0.25, 0.3) is 0 Å². The second-order valence-electron chi connectivity index (χ2n) is 9.04. The Balaban J connectivity index is 1.45. The first-order valence-corrected chi connectivity index (χ1v) is 11.5. The standard InChI is InChI=1S/C25H33F2N3/c26-24-12-4-9-22(25(24)27)19-29(16-20-7-5-13-28-15-20)17-21-8-6-14-30(18-21)23-10-2-1-3-11-23/h4-5,7,9,12-13,15,21,23H,1-3,6,8,10-11,14,16-19H2/t21-/m1/s1. The molecule has 0 radical (unpaired) electrons. The van der Waals surface area contributed by atoms with Crippen LogP contribution in [0.4, 0.5) is 8.78 Å². The van der Waals surface area contributed by atoms with E-state index in [-0.39, 0.29) is 0 Å². The summed E-state index contributed by atoms with van der Waals surface area (Å²) >= 11 is 0. The molecule has 0 spiro atoms. The summed E-state index contributed by atoms with van der Waals surface area (Å²) in [6.45, 7) is 4.35. The van der Waals surface area contributed by atoms with Crippen molar-refractivity contribution in [2.45, 2.75) is 64.1 Å². The molecule has 1 aliphatic carbocycles. The highest BCUT2D eigenvalue weighted by Gasteiger charge is 2.28. The van der Waals surface area contributed by atoms with Crippen LogP contribution in [0.3, 0.4) is 0 Å². The Bertz CT molecular complexity index is 792. The first-order valence-electron chi connectivity index (χ1n) is 11.5. The molecule has 2 aliphatic rings. The minimum absolute atomic E-state index is 0.415. The zero-order valence-electron chi connectivity index (χ0n) is 17.8. The molecule has 0 amide bonds. The summed E-state index contributed by atoms with van der Waals surface area (Å²) in [5.74, 6) is -0.926. The van der Waals surface area contributed by atoms with E-state index in [0.29, 0.717) is 24.6 Å². The van der Waals surface area contributed by atoms with Crippen molar-refractivity contribution in [3.8, 4) is 0 Å². The van der Waals surface area contributed by atoms with Gasteiger partial charge in [0.15, 0.2) is 11.6 Å². The summed E-state index contributed by atoms with van der Waals surface area (Å²) < 4.78 is 28.1. The topological polar surface area (TPSA) is 19.4 Å². The van der Waals surface area contributed by atoms with Gasteiger partial charge in [0.05, 0.1) is 0 Å². The summed E-state index contributed by atoms with van der Waals surface area (Å²) in [7, 11) is 0. The van der Waals surface area contributed by atoms with Gasteiger partial charge in [0, 0.05) is 50.2 Å². The van der Waals surface area contributed by atoms with Crippen molar-refractivity contribution in [1.82, 2.24) is 14.8 Å². The molecule has 1 atom stereocenters. The molecule has 1 aromatic carbocycles. The van der Waals surface area contributed by atoms with Crippen LogP contribution in [-0.2, 0) is 13.1 Å². The van der Waals surface area contributed by atoms with Crippen LogP contribution in [0.5, 0.6) is 0 Å². The van der Waals surface area contributed by atoms with Gasteiger partial charge >= 0.3 is 0 Å². The predicted molar refractivity (Wildman–Crippen MR) is 116 cm³/mol. The number of aromatic nitrogens is 1. The molecule has 2 fully saturated rings. The number of hydrogen-bond acceptors (Lipinski definition) is 3. The third kappa shape index (κ3) is 5.64. The largest absolute Gasteiger partial charge is 0.300 e. The van der Waals surface area contributed by atoms with Gasteiger partial charge in [0.2, 0.25) is 0 Å². The molecule has 1 saturated heterocycles. The molecule has 5 heteroatoms. The molecule has 0 unspecified atom stereocenters. The lowest BCUT2D eigenvalue weighted by molar-refractivity contribution is 0.0768. The average molecular weight is 414 g/mol. The van der Waals surface area contributed by atoms with Crippen molar-refractivity contribution in [2.24, 2.45) is 5.92 Å². The van der Waals surface area contributed by atoms with Crippen LogP contribution in [0.15, 0.2) is 42.7 Å². The molecule has 30 heavy (non-hydrogen) atoms. The second kappa shape index (κ2) is 10.5. The number of halogens is 2. The smallest absolute Gasteiger partial charge is 0.163 e. The minimum Gasteiger partial charge on any atom is -0.300 e. The number of piperidine rings is 1. The van der Waals surface area contributed by atoms with E-state index in [9.17, 15) is 8.78 Å². The highest BCUT2D eigenvalue weighted by molar-refractivity contribution is 5.19. The number of nitrogens with zero attached hydrogens (tertiary/aromatic N) is 3. The van der Waals surface area contributed by atoms with Crippen LogP contribution >= 0.6 is 0 Å². The molecule has 2 heterocycles. The van der Waals surface area contributed by atoms with Gasteiger partial charge < -0.3 is 4.90 Å². The monoisotopic (exact) mass is 413 g/mol. The van der Waals surface area contributed by atoms with Gasteiger partial charge in [-0.3, -0.25) is 9.88 Å². The van der Waals surface area contributed by atoms with E-state index in [1.54, 1.807) is 18.3 Å². The van der Waals surface area contributed by atoms with Crippen molar-refractivity contribution in [3.05, 3.63) is 65.5 Å². The van der Waals surface area contributed by atoms with Crippen molar-refractivity contribution >= 4 is 0 Å². The summed E-state index contributed by atoms with van der Waals surface area (Å²) in [5, 5.41) is 0. The highest BCUT2D eigenvalue weighted by Crippen LogP contribution is 2.28. The Labute approximate surface area is 179 Å². The first kappa shape index (κ1) is 21.4. The van der Waals surface area contributed by atoms with Crippen LogP contribution in [0, 0.1) is 17.6 Å². The molecule has 1 aliphatic heterocycles. The van der Waals surface area contributed by atoms with E-state index in [1.165, 1.54) is 57.6 Å². The highest BCUT2D eigenvalue weighted by atomic mass is 19.2. The van der Waals surface area contributed by atoms with Gasteiger partial charge in [-0.05, 0) is 55.8 Å². The van der Waals surface area contributed by atoms with Crippen LogP contribution in [0.1, 0.15) is 56.1 Å². The molecule has 2 aromatic rings. The Morgan fingerprint density at radius 1 is 0.967 bits per heavy atom. The van der Waals surface area contributed by atoms with Crippen LogP contribution in [0.25, 0.3) is 0 Å². The lowest BCUT2D eigenvalue weighted by atomic mass is 9.90. The van der Waals surface area contributed by atoms with Gasteiger partial charge in [-0.2, -0.15) is 0 Å². The Morgan fingerprint density at radius 2 is 1.83 bits per heavy atom. The molecule has 3 nitrogen and oxygen atoms in total. The Morgan fingerprint density at radius 3 is 2.63 bits per heavy atom. The Hall–Kier alpha value is -1.85. The zero-order valence-corrected chi connectivity index (χ0v) is 17.8. The predicted octanol–water partition coefficient (Wildman–Crippen LogP) is 5.41. The molecule has 1 aromatic heterocycles. The normalized spacial score (nSPS) is 21.2. The molecular weight excluding hydrogens is 380 g/mol. The minimum atomic E-state index is -0.769. The van der Waals surface area contributed by atoms with Gasteiger partial charge in [-0.25, -0.2) is 8.78 Å².